The van der Waals surface area contributed by atoms with E-state index in [9.17, 15) is 10.1 Å². The molecule has 0 N–H and O–H groups in total. The van der Waals surface area contributed by atoms with E-state index in [0.29, 0.717) is 24.7 Å². The molecule has 0 radical (unpaired) electrons. The van der Waals surface area contributed by atoms with E-state index < -0.39 is 6.04 Å². The topological polar surface area (TPSA) is 73.1 Å². The minimum absolute atomic E-state index is 0.234. The van der Waals surface area contributed by atoms with E-state index in [0.717, 1.165) is 27.8 Å². The summed E-state index contributed by atoms with van der Waals surface area (Å²) in [5, 5.41) is 11.0. The Hall–Kier alpha value is -3.43. The quantitative estimate of drug-likeness (QED) is 0.624. The predicted octanol–water partition coefficient (Wildman–Crippen LogP) is 3.68. The van der Waals surface area contributed by atoms with Crippen LogP contribution in [-0.4, -0.2) is 46.5 Å². The summed E-state index contributed by atoms with van der Waals surface area (Å²) in [6.07, 6.45) is 2.74. The predicted molar refractivity (Wildman–Crippen MR) is 114 cm³/mol. The zero-order valence-corrected chi connectivity index (χ0v) is 16.4. The highest BCUT2D eigenvalue weighted by Gasteiger charge is 2.30. The third-order valence-electron chi connectivity index (χ3n) is 5.07. The highest BCUT2D eigenvalue weighted by molar-refractivity contribution is 6.34. The average molecular weight is 404 g/mol. The first-order chi connectivity index (χ1) is 14.1. The number of aromatic nitrogens is 2. The van der Waals surface area contributed by atoms with Gasteiger partial charge in [-0.15, -0.1) is 0 Å². The second kappa shape index (κ2) is 7.90. The molecule has 1 atom stereocenters. The van der Waals surface area contributed by atoms with Gasteiger partial charge in [0.2, 0.25) is 5.91 Å². The molecule has 2 heterocycles. The monoisotopic (exact) mass is 403 g/mol. The Balaban J connectivity index is 1.76. The van der Waals surface area contributed by atoms with Crippen molar-refractivity contribution in [1.82, 2.24) is 14.9 Å². The zero-order chi connectivity index (χ0) is 20.4. The second-order valence-corrected chi connectivity index (χ2v) is 7.15. The van der Waals surface area contributed by atoms with Crippen molar-refractivity contribution in [3.05, 3.63) is 66.5 Å². The van der Waals surface area contributed by atoms with Crippen LogP contribution >= 0.6 is 11.6 Å². The molecule has 1 amide bonds. The van der Waals surface area contributed by atoms with Gasteiger partial charge in [0.05, 0.1) is 23.2 Å². The van der Waals surface area contributed by atoms with Gasteiger partial charge in [0.1, 0.15) is 18.2 Å². The molecule has 3 aromatic rings. The van der Waals surface area contributed by atoms with Crippen LogP contribution in [0.4, 0.5) is 5.82 Å². The van der Waals surface area contributed by atoms with Crippen molar-refractivity contribution in [3.63, 3.8) is 0 Å². The number of anilines is 1. The molecule has 1 aromatic heterocycles. The molecule has 1 aliphatic rings. The Morgan fingerprint density at radius 3 is 2.76 bits per heavy atom. The molecule has 144 valence electrons. The molecule has 1 aliphatic heterocycles. The molecule has 6 nitrogen and oxygen atoms in total. The van der Waals surface area contributed by atoms with Crippen LogP contribution in [0.15, 0.2) is 61.4 Å². The van der Waals surface area contributed by atoms with Gasteiger partial charge in [0, 0.05) is 24.0 Å². The summed E-state index contributed by atoms with van der Waals surface area (Å²) < 4.78 is 0. The highest BCUT2D eigenvalue weighted by Crippen LogP contribution is 2.35. The Morgan fingerprint density at radius 1 is 1.24 bits per heavy atom. The number of halogens is 1. The molecule has 1 unspecified atom stereocenters. The van der Waals surface area contributed by atoms with Gasteiger partial charge in [-0.1, -0.05) is 48.5 Å². The summed E-state index contributed by atoms with van der Waals surface area (Å²) >= 11 is 6.52. The first-order valence-corrected chi connectivity index (χ1v) is 9.57. The SMILES string of the molecule is C=CC(=O)N1CCN(c2ncnc3cc(Cl)c(-c4ccccc4)cc23)CC1C#N. The first kappa shape index (κ1) is 18.9. The molecular weight excluding hydrogens is 386 g/mol. The summed E-state index contributed by atoms with van der Waals surface area (Å²) in [6, 6.07) is 15.4. The van der Waals surface area contributed by atoms with E-state index in [-0.39, 0.29) is 5.91 Å². The Morgan fingerprint density at radius 2 is 2.03 bits per heavy atom. The number of carbonyl (C=O) groups is 1. The van der Waals surface area contributed by atoms with Gasteiger partial charge < -0.3 is 9.80 Å². The number of fused-ring (bicyclic) bond motifs is 1. The van der Waals surface area contributed by atoms with Gasteiger partial charge >= 0.3 is 0 Å². The number of hydrogen-bond donors (Lipinski definition) is 0. The minimum Gasteiger partial charge on any atom is -0.351 e. The molecule has 1 saturated heterocycles. The van der Waals surface area contributed by atoms with Crippen LogP contribution in [0.1, 0.15) is 0 Å². The third kappa shape index (κ3) is 3.53. The van der Waals surface area contributed by atoms with Crippen molar-refractivity contribution in [2.75, 3.05) is 24.5 Å². The fourth-order valence-corrected chi connectivity index (χ4v) is 3.89. The summed E-state index contributed by atoms with van der Waals surface area (Å²) in [6.45, 7) is 4.88. The van der Waals surface area contributed by atoms with E-state index in [1.165, 1.54) is 12.4 Å². The van der Waals surface area contributed by atoms with Crippen molar-refractivity contribution < 1.29 is 4.79 Å². The van der Waals surface area contributed by atoms with Gasteiger partial charge in [0.15, 0.2) is 0 Å². The lowest BCUT2D eigenvalue weighted by atomic mass is 10.0. The van der Waals surface area contributed by atoms with Crippen molar-refractivity contribution in [2.45, 2.75) is 6.04 Å². The molecule has 0 bridgehead atoms. The number of rotatable bonds is 3. The van der Waals surface area contributed by atoms with Gasteiger partial charge in [-0.3, -0.25) is 4.79 Å². The van der Waals surface area contributed by atoms with Crippen LogP contribution < -0.4 is 4.90 Å². The van der Waals surface area contributed by atoms with Crippen molar-refractivity contribution in [3.8, 4) is 17.2 Å². The van der Waals surface area contributed by atoms with Gasteiger partial charge in [-0.2, -0.15) is 5.26 Å². The molecule has 1 fully saturated rings. The minimum atomic E-state index is -0.569. The lowest BCUT2D eigenvalue weighted by Gasteiger charge is -2.38. The van der Waals surface area contributed by atoms with Crippen LogP contribution in [0, 0.1) is 11.3 Å². The molecule has 29 heavy (non-hydrogen) atoms. The fraction of sp³-hybridized carbons (Fsp3) is 0.182. The van der Waals surface area contributed by atoms with E-state index in [1.54, 1.807) is 4.90 Å². The Kier molecular flexibility index (Phi) is 5.15. The fourth-order valence-electron chi connectivity index (χ4n) is 3.62. The molecule has 0 saturated carbocycles. The summed E-state index contributed by atoms with van der Waals surface area (Å²) in [5.74, 6) is 0.497. The van der Waals surface area contributed by atoms with E-state index in [2.05, 4.69) is 22.6 Å². The lowest BCUT2D eigenvalue weighted by molar-refractivity contribution is -0.127. The molecular formula is C22H18ClN5O. The molecule has 4 rings (SSSR count). The van der Waals surface area contributed by atoms with Crippen LogP contribution in [0.3, 0.4) is 0 Å². The van der Waals surface area contributed by atoms with Crippen LogP contribution in [0.5, 0.6) is 0 Å². The number of hydrogen-bond acceptors (Lipinski definition) is 5. The van der Waals surface area contributed by atoms with Gasteiger partial charge in [-0.25, -0.2) is 9.97 Å². The number of benzene rings is 2. The molecule has 2 aromatic carbocycles. The summed E-state index contributed by atoms with van der Waals surface area (Å²) in [5.41, 5.74) is 2.64. The van der Waals surface area contributed by atoms with Crippen LogP contribution in [-0.2, 0) is 4.79 Å². The van der Waals surface area contributed by atoms with Gasteiger partial charge in [-0.05, 0) is 23.8 Å². The maximum absolute atomic E-state index is 12.0. The normalized spacial score (nSPS) is 16.5. The van der Waals surface area contributed by atoms with Crippen molar-refractivity contribution in [2.24, 2.45) is 0 Å². The number of nitrogens with zero attached hydrogens (tertiary/aromatic N) is 5. The maximum atomic E-state index is 12.0. The van der Waals surface area contributed by atoms with E-state index in [4.69, 9.17) is 11.6 Å². The molecule has 7 heteroatoms. The number of amides is 1. The molecule has 0 aliphatic carbocycles. The van der Waals surface area contributed by atoms with Gasteiger partial charge in [0.25, 0.3) is 0 Å². The van der Waals surface area contributed by atoms with Crippen molar-refractivity contribution >= 4 is 34.2 Å². The maximum Gasteiger partial charge on any atom is 0.247 e. The summed E-state index contributed by atoms with van der Waals surface area (Å²) in [7, 11) is 0. The van der Waals surface area contributed by atoms with Crippen LogP contribution in [0.2, 0.25) is 5.02 Å². The largest absolute Gasteiger partial charge is 0.351 e. The number of carbonyl (C=O) groups excluding carboxylic acids is 1. The van der Waals surface area contributed by atoms with Crippen molar-refractivity contribution in [1.29, 1.82) is 5.26 Å². The Bertz CT molecular complexity index is 1130. The average Bonchev–Trinajstić information content (AvgIpc) is 2.77. The van der Waals surface area contributed by atoms with E-state index in [1.807, 2.05) is 47.4 Å². The smallest absolute Gasteiger partial charge is 0.247 e. The number of piperazine rings is 1. The Labute approximate surface area is 173 Å². The molecule has 0 spiro atoms. The first-order valence-electron chi connectivity index (χ1n) is 9.19. The highest BCUT2D eigenvalue weighted by atomic mass is 35.5. The second-order valence-electron chi connectivity index (χ2n) is 6.74. The zero-order valence-electron chi connectivity index (χ0n) is 15.6. The number of nitriles is 1. The third-order valence-corrected chi connectivity index (χ3v) is 5.39. The van der Waals surface area contributed by atoms with E-state index >= 15 is 0 Å². The lowest BCUT2D eigenvalue weighted by Crippen LogP contribution is -2.54. The summed E-state index contributed by atoms with van der Waals surface area (Å²) in [4.78, 5) is 24.4. The standard InChI is InChI=1S/C22H18ClN5O/c1-2-21(29)28-9-8-27(13-16(28)12-24)22-18-10-17(15-6-4-3-5-7-15)19(23)11-20(18)25-14-26-22/h2-7,10-11,14,16H,1,8-9,13H2. The van der Waals surface area contributed by atoms with Crippen LogP contribution in [0.25, 0.3) is 22.0 Å².